The first-order valence-corrected chi connectivity index (χ1v) is 7.61. The van der Waals surface area contributed by atoms with Gasteiger partial charge in [-0.15, -0.1) is 0 Å². The van der Waals surface area contributed by atoms with E-state index in [2.05, 4.69) is 38.6 Å². The van der Waals surface area contributed by atoms with Crippen LogP contribution in [0.2, 0.25) is 0 Å². The lowest BCUT2D eigenvalue weighted by Crippen LogP contribution is -2.34. The van der Waals surface area contributed by atoms with E-state index in [1.54, 1.807) is 0 Å². The fourth-order valence-corrected chi connectivity index (χ4v) is 2.57. The van der Waals surface area contributed by atoms with E-state index in [4.69, 9.17) is 5.73 Å². The van der Waals surface area contributed by atoms with Gasteiger partial charge in [-0.2, -0.15) is 15.0 Å². The highest BCUT2D eigenvalue weighted by molar-refractivity contribution is 5.43. The number of piperidine rings is 1. The maximum absolute atomic E-state index is 5.86. The zero-order valence-corrected chi connectivity index (χ0v) is 12.8. The molecule has 2 rings (SSSR count). The van der Waals surface area contributed by atoms with E-state index in [0.717, 1.165) is 31.9 Å². The third-order valence-corrected chi connectivity index (χ3v) is 3.95. The van der Waals surface area contributed by atoms with Crippen LogP contribution < -0.4 is 15.5 Å². The number of hydrogen-bond acceptors (Lipinski definition) is 6. The van der Waals surface area contributed by atoms with E-state index in [1.807, 2.05) is 7.05 Å². The molecule has 20 heavy (non-hydrogen) atoms. The summed E-state index contributed by atoms with van der Waals surface area (Å²) in [6.45, 7) is 6.39. The van der Waals surface area contributed by atoms with E-state index in [0.29, 0.717) is 17.9 Å². The smallest absolute Gasteiger partial charge is 0.231 e. The minimum atomic E-state index is 0.311. The van der Waals surface area contributed by atoms with Gasteiger partial charge in [-0.1, -0.05) is 13.3 Å². The maximum atomic E-state index is 5.86. The molecule has 0 radical (unpaired) electrons. The Kier molecular flexibility index (Phi) is 4.98. The van der Waals surface area contributed by atoms with Crippen molar-refractivity contribution in [3.63, 3.8) is 0 Å². The molecule has 1 aliphatic rings. The molecule has 1 saturated heterocycles. The average molecular weight is 278 g/mol. The normalized spacial score (nSPS) is 17.1. The Bertz CT molecular complexity index is 430. The van der Waals surface area contributed by atoms with Gasteiger partial charge in [-0.3, -0.25) is 0 Å². The van der Waals surface area contributed by atoms with E-state index in [-0.39, 0.29) is 0 Å². The summed E-state index contributed by atoms with van der Waals surface area (Å²) in [6, 6.07) is 0.399. The Balaban J connectivity index is 2.19. The molecule has 0 aromatic carbocycles. The van der Waals surface area contributed by atoms with Gasteiger partial charge < -0.3 is 15.5 Å². The molecule has 2 heterocycles. The predicted octanol–water partition coefficient (Wildman–Crippen LogP) is 2.07. The molecule has 0 bridgehead atoms. The lowest BCUT2D eigenvalue weighted by molar-refractivity contribution is 0.564. The van der Waals surface area contributed by atoms with E-state index < -0.39 is 0 Å². The van der Waals surface area contributed by atoms with Gasteiger partial charge in [0.2, 0.25) is 17.8 Å². The van der Waals surface area contributed by atoms with Crippen molar-refractivity contribution in [2.24, 2.45) is 0 Å². The fraction of sp³-hybridized carbons (Fsp3) is 0.786. The Morgan fingerprint density at radius 2 is 1.90 bits per heavy atom. The number of rotatable bonds is 5. The fourth-order valence-electron chi connectivity index (χ4n) is 2.57. The van der Waals surface area contributed by atoms with Crippen LogP contribution in [0, 0.1) is 0 Å². The number of nitrogen functional groups attached to an aromatic ring is 1. The molecular formula is C14H26N6. The highest BCUT2D eigenvalue weighted by Gasteiger charge is 2.18. The van der Waals surface area contributed by atoms with Crippen LogP contribution in [-0.2, 0) is 0 Å². The van der Waals surface area contributed by atoms with Crippen molar-refractivity contribution in [3.05, 3.63) is 0 Å². The summed E-state index contributed by atoms with van der Waals surface area (Å²) < 4.78 is 0. The van der Waals surface area contributed by atoms with Gasteiger partial charge in [0, 0.05) is 26.2 Å². The molecule has 112 valence electrons. The van der Waals surface area contributed by atoms with Crippen LogP contribution in [0.15, 0.2) is 0 Å². The summed E-state index contributed by atoms with van der Waals surface area (Å²) in [4.78, 5) is 17.5. The molecule has 0 aliphatic carbocycles. The van der Waals surface area contributed by atoms with Crippen molar-refractivity contribution in [2.45, 2.75) is 52.0 Å². The molecule has 2 N–H and O–H groups in total. The topological polar surface area (TPSA) is 71.2 Å². The summed E-state index contributed by atoms with van der Waals surface area (Å²) >= 11 is 0. The van der Waals surface area contributed by atoms with Gasteiger partial charge in [0.25, 0.3) is 0 Å². The minimum absolute atomic E-state index is 0.311. The largest absolute Gasteiger partial charge is 0.368 e. The standard InChI is InChI=1S/C14H26N6/c1-4-8-11(2)19(3)13-16-12(15)17-14(18-13)20-9-6-5-7-10-20/h11H,4-10H2,1-3H3,(H2,15,16,17,18). The first kappa shape index (κ1) is 14.8. The molecule has 1 unspecified atom stereocenters. The van der Waals surface area contributed by atoms with Crippen LogP contribution in [0.3, 0.4) is 0 Å². The van der Waals surface area contributed by atoms with Gasteiger partial charge in [0.1, 0.15) is 0 Å². The summed E-state index contributed by atoms with van der Waals surface area (Å²) in [6.07, 6.45) is 5.94. The molecule has 1 aromatic heterocycles. The SMILES string of the molecule is CCCC(C)N(C)c1nc(N)nc(N2CCCCC2)n1. The van der Waals surface area contributed by atoms with E-state index in [9.17, 15) is 0 Å². The monoisotopic (exact) mass is 278 g/mol. The third-order valence-electron chi connectivity index (χ3n) is 3.95. The van der Waals surface area contributed by atoms with Crippen LogP contribution in [0.1, 0.15) is 46.0 Å². The second-order valence-corrected chi connectivity index (χ2v) is 5.59. The van der Waals surface area contributed by atoms with Crippen molar-refractivity contribution in [2.75, 3.05) is 35.7 Å². The van der Waals surface area contributed by atoms with Gasteiger partial charge in [-0.05, 0) is 32.6 Å². The Morgan fingerprint density at radius 1 is 1.20 bits per heavy atom. The quantitative estimate of drug-likeness (QED) is 0.889. The summed E-state index contributed by atoms with van der Waals surface area (Å²) in [5.74, 6) is 1.72. The van der Waals surface area contributed by atoms with Crippen LogP contribution >= 0.6 is 0 Å². The minimum Gasteiger partial charge on any atom is -0.368 e. The molecule has 1 aromatic rings. The Labute approximate surface area is 121 Å². The average Bonchev–Trinajstić information content (AvgIpc) is 2.47. The van der Waals surface area contributed by atoms with Gasteiger partial charge in [-0.25, -0.2) is 0 Å². The number of hydrogen-bond donors (Lipinski definition) is 1. The second kappa shape index (κ2) is 6.72. The highest BCUT2D eigenvalue weighted by Crippen LogP contribution is 2.20. The predicted molar refractivity (Wildman–Crippen MR) is 83.1 cm³/mol. The molecule has 1 aliphatic heterocycles. The Hall–Kier alpha value is -1.59. The number of nitrogens with two attached hydrogens (primary N) is 1. The number of nitrogens with zero attached hydrogens (tertiary/aromatic N) is 5. The van der Waals surface area contributed by atoms with Crippen LogP contribution in [0.25, 0.3) is 0 Å². The summed E-state index contributed by atoms with van der Waals surface area (Å²) in [7, 11) is 2.02. The third kappa shape index (κ3) is 3.49. The zero-order valence-electron chi connectivity index (χ0n) is 12.8. The molecule has 1 fully saturated rings. The zero-order chi connectivity index (χ0) is 14.5. The first-order valence-electron chi connectivity index (χ1n) is 7.61. The van der Waals surface area contributed by atoms with Crippen molar-refractivity contribution < 1.29 is 0 Å². The van der Waals surface area contributed by atoms with Crippen LogP contribution in [0.4, 0.5) is 17.8 Å². The van der Waals surface area contributed by atoms with Gasteiger partial charge in [0.05, 0.1) is 0 Å². The molecular weight excluding hydrogens is 252 g/mol. The van der Waals surface area contributed by atoms with Crippen molar-refractivity contribution in [3.8, 4) is 0 Å². The Morgan fingerprint density at radius 3 is 2.55 bits per heavy atom. The molecule has 0 saturated carbocycles. The molecule has 6 heteroatoms. The first-order chi connectivity index (χ1) is 9.61. The highest BCUT2D eigenvalue weighted by atomic mass is 15.4. The lowest BCUT2D eigenvalue weighted by atomic mass is 10.1. The summed E-state index contributed by atoms with van der Waals surface area (Å²) in [5, 5.41) is 0. The summed E-state index contributed by atoms with van der Waals surface area (Å²) in [5.41, 5.74) is 5.86. The van der Waals surface area contributed by atoms with Crippen molar-refractivity contribution >= 4 is 17.8 Å². The van der Waals surface area contributed by atoms with E-state index >= 15 is 0 Å². The second-order valence-electron chi connectivity index (χ2n) is 5.59. The lowest BCUT2D eigenvalue weighted by Gasteiger charge is -2.29. The maximum Gasteiger partial charge on any atom is 0.231 e. The van der Waals surface area contributed by atoms with Crippen molar-refractivity contribution in [1.29, 1.82) is 0 Å². The van der Waals surface area contributed by atoms with Crippen molar-refractivity contribution in [1.82, 2.24) is 15.0 Å². The number of aromatic nitrogens is 3. The molecule has 6 nitrogen and oxygen atoms in total. The molecule has 0 spiro atoms. The molecule has 1 atom stereocenters. The van der Waals surface area contributed by atoms with E-state index in [1.165, 1.54) is 19.3 Å². The van der Waals surface area contributed by atoms with Gasteiger partial charge in [0.15, 0.2) is 0 Å². The van der Waals surface area contributed by atoms with Crippen LogP contribution in [-0.4, -0.2) is 41.1 Å². The number of anilines is 3. The van der Waals surface area contributed by atoms with Crippen LogP contribution in [0.5, 0.6) is 0 Å². The molecule has 0 amide bonds. The van der Waals surface area contributed by atoms with Gasteiger partial charge >= 0.3 is 0 Å².